The Morgan fingerprint density at radius 2 is 1.97 bits per heavy atom. The Bertz CT molecular complexity index is 1410. The highest BCUT2D eigenvalue weighted by Gasteiger charge is 2.23. The molecule has 0 spiro atoms. The molecule has 0 amide bonds. The monoisotopic (exact) mass is 489 g/mol. The summed E-state index contributed by atoms with van der Waals surface area (Å²) in [5, 5.41) is 11.8. The number of para-hydroxylation sites is 1. The predicted molar refractivity (Wildman–Crippen MR) is 147 cm³/mol. The van der Waals surface area contributed by atoms with Gasteiger partial charge in [-0.1, -0.05) is 26.0 Å². The van der Waals surface area contributed by atoms with E-state index in [2.05, 4.69) is 48.5 Å². The van der Waals surface area contributed by atoms with Crippen molar-refractivity contribution in [1.29, 1.82) is 0 Å². The number of anilines is 5. The molecule has 10 nitrogen and oxygen atoms in total. The minimum atomic E-state index is -0.0944. The van der Waals surface area contributed by atoms with E-state index in [1.807, 2.05) is 57.0 Å². The predicted octanol–water partition coefficient (Wildman–Crippen LogP) is 3.73. The quantitative estimate of drug-likeness (QED) is 0.423. The molecule has 2 N–H and O–H groups in total. The molecule has 5 rings (SSSR count). The molecule has 1 aliphatic heterocycles. The average Bonchev–Trinajstić information content (AvgIpc) is 3.34. The second kappa shape index (κ2) is 10.8. The SMILES string of the molecule is CC.Cc1cccc2c1NCCN2c1cc2cnc(Nc3cnn(CCN(C)C)c3)nc2n(C)c1=O. The maximum Gasteiger partial charge on any atom is 0.275 e. The number of hydrogen-bond acceptors (Lipinski definition) is 8. The zero-order valence-corrected chi connectivity index (χ0v) is 21.9. The van der Waals surface area contributed by atoms with E-state index >= 15 is 0 Å². The van der Waals surface area contributed by atoms with E-state index in [0.717, 1.165) is 47.6 Å². The van der Waals surface area contributed by atoms with Gasteiger partial charge in [0.05, 0.1) is 29.8 Å². The molecule has 4 heterocycles. The molecule has 0 bridgehead atoms. The minimum absolute atomic E-state index is 0.0944. The van der Waals surface area contributed by atoms with E-state index in [0.29, 0.717) is 23.8 Å². The summed E-state index contributed by atoms with van der Waals surface area (Å²) in [5.74, 6) is 0.422. The van der Waals surface area contributed by atoms with E-state index in [-0.39, 0.29) is 5.56 Å². The molecule has 0 fully saturated rings. The van der Waals surface area contributed by atoms with Crippen molar-refractivity contribution in [2.45, 2.75) is 27.3 Å². The lowest BCUT2D eigenvalue weighted by molar-refractivity contribution is 0.373. The largest absolute Gasteiger partial charge is 0.381 e. The molecule has 0 aliphatic carbocycles. The molecule has 1 aliphatic rings. The molecule has 0 saturated carbocycles. The van der Waals surface area contributed by atoms with E-state index in [1.165, 1.54) is 0 Å². The minimum Gasteiger partial charge on any atom is -0.381 e. The average molecular weight is 490 g/mol. The van der Waals surface area contributed by atoms with Gasteiger partial charge in [-0.3, -0.25) is 14.0 Å². The molecule has 3 aromatic heterocycles. The van der Waals surface area contributed by atoms with Gasteiger partial charge >= 0.3 is 0 Å². The number of pyridine rings is 1. The van der Waals surface area contributed by atoms with Gasteiger partial charge in [-0.15, -0.1) is 0 Å². The fraction of sp³-hybridized carbons (Fsp3) is 0.385. The van der Waals surface area contributed by atoms with Gasteiger partial charge in [-0.05, 0) is 38.7 Å². The number of aromatic nitrogens is 5. The topological polar surface area (TPSA) is 96.1 Å². The van der Waals surface area contributed by atoms with Crippen LogP contribution in [0, 0.1) is 6.92 Å². The molecule has 1 aromatic carbocycles. The van der Waals surface area contributed by atoms with Crippen LogP contribution in [0.2, 0.25) is 0 Å². The fourth-order valence-corrected chi connectivity index (χ4v) is 4.24. The summed E-state index contributed by atoms with van der Waals surface area (Å²) in [5.41, 5.74) is 5.13. The van der Waals surface area contributed by atoms with Crippen molar-refractivity contribution in [3.05, 3.63) is 58.8 Å². The Kier molecular flexibility index (Phi) is 7.54. The van der Waals surface area contributed by atoms with Gasteiger partial charge in [0.15, 0.2) is 0 Å². The Hall–Kier alpha value is -3.92. The van der Waals surface area contributed by atoms with Crippen LogP contribution in [0.15, 0.2) is 47.7 Å². The molecular formula is C26H35N9O. The van der Waals surface area contributed by atoms with Gasteiger partial charge < -0.3 is 20.4 Å². The second-order valence-corrected chi connectivity index (χ2v) is 8.83. The highest BCUT2D eigenvalue weighted by molar-refractivity contribution is 5.85. The van der Waals surface area contributed by atoms with Crippen LogP contribution < -0.4 is 21.1 Å². The van der Waals surface area contributed by atoms with Crippen LogP contribution in [0.4, 0.5) is 28.7 Å². The van der Waals surface area contributed by atoms with Crippen molar-refractivity contribution in [3.63, 3.8) is 0 Å². The summed E-state index contributed by atoms with van der Waals surface area (Å²) >= 11 is 0. The summed E-state index contributed by atoms with van der Waals surface area (Å²) in [6, 6.07) is 8.02. The number of likely N-dealkylation sites (N-methyl/N-ethyl adjacent to an activating group) is 1. The third kappa shape index (κ3) is 5.03. The summed E-state index contributed by atoms with van der Waals surface area (Å²) in [6.07, 6.45) is 5.42. The zero-order valence-electron chi connectivity index (χ0n) is 21.9. The molecule has 36 heavy (non-hydrogen) atoms. The number of fused-ring (bicyclic) bond motifs is 2. The summed E-state index contributed by atoms with van der Waals surface area (Å²) in [7, 11) is 5.82. The highest BCUT2D eigenvalue weighted by Crippen LogP contribution is 2.36. The Morgan fingerprint density at radius 3 is 2.75 bits per heavy atom. The maximum atomic E-state index is 13.4. The standard InChI is InChI=1S/C24H29N9O.C2H6/c1-16-6-5-7-19-21(16)25-8-9-33(19)20-12-17-13-26-24(29-22(17)31(4)23(20)34)28-18-14-27-32(15-18)11-10-30(2)3;1-2/h5-7,12-15,25H,8-11H2,1-4H3,(H,26,28,29);1-2H3. The fourth-order valence-electron chi connectivity index (χ4n) is 4.24. The first-order chi connectivity index (χ1) is 17.4. The van der Waals surface area contributed by atoms with Crippen molar-refractivity contribution >= 4 is 39.7 Å². The first-order valence-corrected chi connectivity index (χ1v) is 12.3. The van der Waals surface area contributed by atoms with Gasteiger partial charge in [0, 0.05) is 44.5 Å². The van der Waals surface area contributed by atoms with Gasteiger partial charge in [-0.25, -0.2) is 4.98 Å². The number of hydrogen-bond donors (Lipinski definition) is 2. The third-order valence-corrected chi connectivity index (χ3v) is 6.06. The van der Waals surface area contributed by atoms with Gasteiger partial charge in [0.1, 0.15) is 11.3 Å². The van der Waals surface area contributed by atoms with Crippen LogP contribution in [-0.2, 0) is 13.6 Å². The number of nitrogens with zero attached hydrogens (tertiary/aromatic N) is 7. The highest BCUT2D eigenvalue weighted by atomic mass is 16.1. The Labute approximate surface area is 211 Å². The molecule has 0 unspecified atom stereocenters. The number of nitrogens with one attached hydrogen (secondary N) is 2. The maximum absolute atomic E-state index is 13.4. The van der Waals surface area contributed by atoms with Crippen LogP contribution in [-0.4, -0.2) is 62.9 Å². The molecule has 0 atom stereocenters. The normalized spacial score (nSPS) is 12.7. The van der Waals surface area contributed by atoms with Crippen molar-refractivity contribution in [3.8, 4) is 0 Å². The van der Waals surface area contributed by atoms with Gasteiger partial charge in [0.2, 0.25) is 5.95 Å². The number of benzene rings is 1. The zero-order chi connectivity index (χ0) is 25.8. The first-order valence-electron chi connectivity index (χ1n) is 12.3. The lowest BCUT2D eigenvalue weighted by Gasteiger charge is -2.32. The van der Waals surface area contributed by atoms with E-state index in [1.54, 1.807) is 24.0 Å². The molecule has 190 valence electrons. The number of aryl methyl sites for hydroxylation is 2. The van der Waals surface area contributed by atoms with Crippen LogP contribution in [0.3, 0.4) is 0 Å². The summed E-state index contributed by atoms with van der Waals surface area (Å²) in [4.78, 5) is 26.7. The van der Waals surface area contributed by atoms with E-state index < -0.39 is 0 Å². The van der Waals surface area contributed by atoms with Crippen molar-refractivity contribution in [2.75, 3.05) is 49.3 Å². The Morgan fingerprint density at radius 1 is 1.17 bits per heavy atom. The first kappa shape index (κ1) is 25.2. The van der Waals surface area contributed by atoms with Crippen molar-refractivity contribution < 1.29 is 0 Å². The van der Waals surface area contributed by atoms with E-state index in [4.69, 9.17) is 0 Å². The molecule has 10 heteroatoms. The molecule has 0 saturated heterocycles. The van der Waals surface area contributed by atoms with Gasteiger partial charge in [0.25, 0.3) is 5.56 Å². The van der Waals surface area contributed by atoms with Crippen LogP contribution in [0.25, 0.3) is 11.0 Å². The molecule has 0 radical (unpaired) electrons. The van der Waals surface area contributed by atoms with Crippen molar-refractivity contribution in [1.82, 2.24) is 29.2 Å². The van der Waals surface area contributed by atoms with Crippen LogP contribution >= 0.6 is 0 Å². The van der Waals surface area contributed by atoms with E-state index in [9.17, 15) is 4.79 Å². The second-order valence-electron chi connectivity index (χ2n) is 8.83. The van der Waals surface area contributed by atoms with Crippen LogP contribution in [0.1, 0.15) is 19.4 Å². The third-order valence-electron chi connectivity index (χ3n) is 6.06. The Balaban J connectivity index is 0.00000148. The molecule has 4 aromatic rings. The number of rotatable bonds is 6. The van der Waals surface area contributed by atoms with Crippen LogP contribution in [0.5, 0.6) is 0 Å². The summed E-state index contributed by atoms with van der Waals surface area (Å²) in [6.45, 7) is 9.23. The summed E-state index contributed by atoms with van der Waals surface area (Å²) < 4.78 is 3.47. The lowest BCUT2D eigenvalue weighted by atomic mass is 10.1. The smallest absolute Gasteiger partial charge is 0.275 e. The van der Waals surface area contributed by atoms with Crippen molar-refractivity contribution in [2.24, 2.45) is 7.05 Å². The lowest BCUT2D eigenvalue weighted by Crippen LogP contribution is -2.35. The molecular weight excluding hydrogens is 454 g/mol. The van der Waals surface area contributed by atoms with Gasteiger partial charge in [-0.2, -0.15) is 10.1 Å².